The fraction of sp³-hybridized carbons (Fsp3) is 0.0952. The average Bonchev–Trinajstić information content (AvgIpc) is 2.65. The molecule has 0 spiro atoms. The van der Waals surface area contributed by atoms with Crippen LogP contribution in [0.25, 0.3) is 0 Å². The van der Waals surface area contributed by atoms with Gasteiger partial charge in [-0.15, -0.1) is 0 Å². The van der Waals surface area contributed by atoms with Gasteiger partial charge < -0.3 is 5.73 Å². The van der Waals surface area contributed by atoms with Gasteiger partial charge in [-0.25, -0.2) is 0 Å². The minimum Gasteiger partial charge on any atom is -0.399 e. The summed E-state index contributed by atoms with van der Waals surface area (Å²) < 4.78 is 0. The second-order valence-electron chi connectivity index (χ2n) is 5.65. The second kappa shape index (κ2) is 7.45. The summed E-state index contributed by atoms with van der Waals surface area (Å²) in [4.78, 5) is 0. The van der Waals surface area contributed by atoms with Gasteiger partial charge in [-0.3, -0.25) is 5.32 Å². The van der Waals surface area contributed by atoms with Crippen LogP contribution >= 0.6 is 0 Å². The highest BCUT2D eigenvalue weighted by Gasteiger charge is 2.19. The molecule has 3 nitrogen and oxygen atoms in total. The molecule has 3 aromatic rings. The molecule has 0 radical (unpaired) electrons. The lowest BCUT2D eigenvalue weighted by Gasteiger charge is -2.23. The molecule has 0 heterocycles. The van der Waals surface area contributed by atoms with Crippen molar-refractivity contribution in [2.24, 2.45) is 0 Å². The van der Waals surface area contributed by atoms with E-state index in [1.165, 1.54) is 0 Å². The van der Waals surface area contributed by atoms with Gasteiger partial charge in [0.15, 0.2) is 0 Å². The van der Waals surface area contributed by atoms with E-state index in [1.54, 1.807) is 0 Å². The Morgan fingerprint density at radius 3 is 1.67 bits per heavy atom. The Morgan fingerprint density at radius 2 is 1.21 bits per heavy atom. The summed E-state index contributed by atoms with van der Waals surface area (Å²) in [6.07, 6.45) is 0. The van der Waals surface area contributed by atoms with Gasteiger partial charge in [-0.05, 0) is 28.8 Å². The van der Waals surface area contributed by atoms with Crippen LogP contribution in [-0.2, 0) is 0 Å². The van der Waals surface area contributed by atoms with Crippen LogP contribution in [0.15, 0.2) is 84.9 Å². The molecule has 1 unspecified atom stereocenters. The standard InChI is InChI=1S/C21H19N3/c22-15-20(16-11-13-19(23)14-12-16)24-21(17-7-3-1-4-8-17)18-9-5-2-6-10-18/h1-14,20-21,24H,23H2. The van der Waals surface area contributed by atoms with E-state index in [4.69, 9.17) is 5.73 Å². The lowest BCUT2D eigenvalue weighted by Crippen LogP contribution is -2.26. The van der Waals surface area contributed by atoms with Crippen molar-refractivity contribution in [3.05, 3.63) is 102 Å². The molecule has 3 heteroatoms. The molecule has 1 atom stereocenters. The largest absolute Gasteiger partial charge is 0.399 e. The minimum atomic E-state index is -0.420. The molecular weight excluding hydrogens is 294 g/mol. The number of nitrogens with two attached hydrogens (primary N) is 1. The Labute approximate surface area is 142 Å². The topological polar surface area (TPSA) is 61.8 Å². The summed E-state index contributed by atoms with van der Waals surface area (Å²) in [5.74, 6) is 0. The van der Waals surface area contributed by atoms with Gasteiger partial charge in [-0.2, -0.15) is 5.26 Å². The zero-order valence-electron chi connectivity index (χ0n) is 13.3. The fourth-order valence-electron chi connectivity index (χ4n) is 2.74. The van der Waals surface area contributed by atoms with Crippen LogP contribution in [0.5, 0.6) is 0 Å². The van der Waals surface area contributed by atoms with E-state index in [1.807, 2.05) is 60.7 Å². The molecule has 118 valence electrons. The SMILES string of the molecule is N#CC(NC(c1ccccc1)c1ccccc1)c1ccc(N)cc1. The highest BCUT2D eigenvalue weighted by molar-refractivity contribution is 5.42. The maximum absolute atomic E-state index is 9.65. The first-order valence-electron chi connectivity index (χ1n) is 7.89. The average molecular weight is 313 g/mol. The van der Waals surface area contributed by atoms with Crippen molar-refractivity contribution in [1.82, 2.24) is 5.32 Å². The van der Waals surface area contributed by atoms with Crippen molar-refractivity contribution in [2.75, 3.05) is 5.73 Å². The van der Waals surface area contributed by atoms with Crippen LogP contribution in [0.1, 0.15) is 28.8 Å². The number of rotatable bonds is 5. The van der Waals surface area contributed by atoms with Gasteiger partial charge in [0.25, 0.3) is 0 Å². The lowest BCUT2D eigenvalue weighted by atomic mass is 9.96. The first-order valence-corrected chi connectivity index (χ1v) is 7.89. The number of hydrogen-bond donors (Lipinski definition) is 2. The summed E-state index contributed by atoms with van der Waals surface area (Å²) in [5, 5.41) is 13.1. The minimum absolute atomic E-state index is 0.0606. The predicted molar refractivity (Wildman–Crippen MR) is 97.1 cm³/mol. The van der Waals surface area contributed by atoms with Crippen molar-refractivity contribution in [2.45, 2.75) is 12.1 Å². The number of nitriles is 1. The third-order valence-corrected chi connectivity index (χ3v) is 4.00. The summed E-state index contributed by atoms with van der Waals surface area (Å²) in [5.41, 5.74) is 9.60. The number of benzene rings is 3. The van der Waals surface area contributed by atoms with E-state index in [9.17, 15) is 5.26 Å². The lowest BCUT2D eigenvalue weighted by molar-refractivity contribution is 0.559. The number of nitrogens with one attached hydrogen (secondary N) is 1. The van der Waals surface area contributed by atoms with E-state index < -0.39 is 6.04 Å². The van der Waals surface area contributed by atoms with Crippen molar-refractivity contribution in [3.8, 4) is 6.07 Å². The first kappa shape index (κ1) is 15.8. The third-order valence-electron chi connectivity index (χ3n) is 4.00. The molecule has 0 amide bonds. The maximum atomic E-state index is 9.65. The zero-order chi connectivity index (χ0) is 16.8. The number of hydrogen-bond acceptors (Lipinski definition) is 3. The molecule has 3 rings (SSSR count). The Hall–Kier alpha value is -3.09. The van der Waals surface area contributed by atoms with Crippen LogP contribution in [0, 0.1) is 11.3 Å². The van der Waals surface area contributed by atoms with Crippen molar-refractivity contribution in [1.29, 1.82) is 5.26 Å². The van der Waals surface area contributed by atoms with E-state index in [2.05, 4.69) is 35.7 Å². The molecule has 0 saturated heterocycles. The van der Waals surface area contributed by atoms with E-state index in [-0.39, 0.29) is 6.04 Å². The Morgan fingerprint density at radius 1 is 0.708 bits per heavy atom. The van der Waals surface area contributed by atoms with Crippen LogP contribution in [0.4, 0.5) is 5.69 Å². The fourth-order valence-corrected chi connectivity index (χ4v) is 2.74. The molecule has 0 saturated carbocycles. The monoisotopic (exact) mass is 313 g/mol. The number of nitrogens with zero attached hydrogens (tertiary/aromatic N) is 1. The summed E-state index contributed by atoms with van der Waals surface area (Å²) in [7, 11) is 0. The highest BCUT2D eigenvalue weighted by atomic mass is 15.0. The van der Waals surface area contributed by atoms with E-state index in [0.29, 0.717) is 5.69 Å². The van der Waals surface area contributed by atoms with Gasteiger partial charge in [0.1, 0.15) is 6.04 Å². The van der Waals surface area contributed by atoms with Crippen LogP contribution in [-0.4, -0.2) is 0 Å². The third kappa shape index (κ3) is 3.62. The summed E-state index contributed by atoms with van der Waals surface area (Å²) >= 11 is 0. The van der Waals surface area contributed by atoms with Crippen molar-refractivity contribution in [3.63, 3.8) is 0 Å². The quantitative estimate of drug-likeness (QED) is 0.694. The summed E-state index contributed by atoms with van der Waals surface area (Å²) in [6.45, 7) is 0. The van der Waals surface area contributed by atoms with Gasteiger partial charge in [0.2, 0.25) is 0 Å². The molecule has 0 fully saturated rings. The van der Waals surface area contributed by atoms with Crippen molar-refractivity contribution >= 4 is 5.69 Å². The molecule has 0 aliphatic carbocycles. The number of nitrogen functional groups attached to an aromatic ring is 1. The molecule has 3 N–H and O–H groups in total. The highest BCUT2D eigenvalue weighted by Crippen LogP contribution is 2.26. The molecule has 3 aromatic carbocycles. The molecule has 0 aromatic heterocycles. The molecule has 0 bridgehead atoms. The summed E-state index contributed by atoms with van der Waals surface area (Å²) in [6, 6.07) is 29.6. The predicted octanol–water partition coefficient (Wildman–Crippen LogP) is 4.21. The maximum Gasteiger partial charge on any atom is 0.122 e. The first-order chi connectivity index (χ1) is 11.8. The van der Waals surface area contributed by atoms with Crippen LogP contribution < -0.4 is 11.1 Å². The van der Waals surface area contributed by atoms with E-state index >= 15 is 0 Å². The molecule has 24 heavy (non-hydrogen) atoms. The normalized spacial score (nSPS) is 11.8. The Kier molecular flexibility index (Phi) is 4.90. The molecular formula is C21H19N3. The second-order valence-corrected chi connectivity index (χ2v) is 5.65. The molecule has 0 aliphatic rings. The van der Waals surface area contributed by atoms with Crippen molar-refractivity contribution < 1.29 is 0 Å². The van der Waals surface area contributed by atoms with Gasteiger partial charge in [0.05, 0.1) is 12.1 Å². The number of anilines is 1. The van der Waals surface area contributed by atoms with E-state index in [0.717, 1.165) is 16.7 Å². The Balaban J connectivity index is 1.94. The van der Waals surface area contributed by atoms with Crippen LogP contribution in [0.3, 0.4) is 0 Å². The molecule has 0 aliphatic heterocycles. The van der Waals surface area contributed by atoms with Gasteiger partial charge in [-0.1, -0.05) is 72.8 Å². The smallest absolute Gasteiger partial charge is 0.122 e. The zero-order valence-corrected chi connectivity index (χ0v) is 13.3. The van der Waals surface area contributed by atoms with Gasteiger partial charge in [0, 0.05) is 5.69 Å². The van der Waals surface area contributed by atoms with Gasteiger partial charge >= 0.3 is 0 Å². The Bertz CT molecular complexity index is 766. The van der Waals surface area contributed by atoms with Crippen LogP contribution in [0.2, 0.25) is 0 Å².